The van der Waals surface area contributed by atoms with Crippen molar-refractivity contribution in [2.45, 2.75) is 12.5 Å². The topological polar surface area (TPSA) is 74.0 Å². The number of nitrogens with one attached hydrogen (secondary N) is 3. The fourth-order valence-electron chi connectivity index (χ4n) is 3.52. The minimum absolute atomic E-state index is 0.131. The predicted octanol–water partition coefficient (Wildman–Crippen LogP) is 4.44. The molecule has 5 heteroatoms. The largest absolute Gasteiger partial charge is 0.359 e. The molecular formula is C25H23N3O2. The lowest BCUT2D eigenvalue weighted by Crippen LogP contribution is -2.32. The Morgan fingerprint density at radius 2 is 1.57 bits per heavy atom. The van der Waals surface area contributed by atoms with Crippen LogP contribution < -0.4 is 10.6 Å². The van der Waals surface area contributed by atoms with E-state index in [0.717, 1.165) is 27.6 Å². The van der Waals surface area contributed by atoms with Crippen molar-refractivity contribution < 1.29 is 9.59 Å². The molecule has 3 aromatic carbocycles. The first-order chi connectivity index (χ1) is 14.6. The number of benzene rings is 3. The Kier molecular flexibility index (Phi) is 5.61. The summed E-state index contributed by atoms with van der Waals surface area (Å²) in [6, 6.07) is 27.1. The van der Waals surface area contributed by atoms with Crippen LogP contribution in [0.4, 0.5) is 0 Å². The highest BCUT2D eigenvalue weighted by Crippen LogP contribution is 2.25. The van der Waals surface area contributed by atoms with Crippen LogP contribution in [0, 0.1) is 0 Å². The molecular weight excluding hydrogens is 374 g/mol. The van der Waals surface area contributed by atoms with E-state index in [-0.39, 0.29) is 18.2 Å². The van der Waals surface area contributed by atoms with E-state index in [0.29, 0.717) is 5.69 Å². The third-order valence-corrected chi connectivity index (χ3v) is 5.15. The molecule has 0 aliphatic carbocycles. The molecule has 1 atom stereocenters. The van der Waals surface area contributed by atoms with Crippen molar-refractivity contribution in [3.8, 4) is 11.1 Å². The van der Waals surface area contributed by atoms with Gasteiger partial charge in [-0.1, -0.05) is 72.8 Å². The van der Waals surface area contributed by atoms with Crippen LogP contribution in [-0.2, 0) is 4.79 Å². The normalized spacial score (nSPS) is 11.8. The molecule has 1 aromatic heterocycles. The van der Waals surface area contributed by atoms with Crippen LogP contribution in [0.5, 0.6) is 0 Å². The average molecular weight is 397 g/mol. The van der Waals surface area contributed by atoms with Crippen molar-refractivity contribution in [3.63, 3.8) is 0 Å². The standard InChI is InChI=1S/C25H23N3O2/c1-26-24(29)16-22(18-10-6-3-7-11-18)28-25(30)23-15-20-13-12-19(14-21(20)27-23)17-8-4-2-5-9-17/h2-15,22,27H,16H2,1H3,(H,26,29)(H,28,30). The molecule has 1 heterocycles. The monoisotopic (exact) mass is 397 g/mol. The zero-order chi connectivity index (χ0) is 20.9. The maximum absolute atomic E-state index is 12.9. The molecule has 0 spiro atoms. The molecule has 5 nitrogen and oxygen atoms in total. The van der Waals surface area contributed by atoms with E-state index in [1.54, 1.807) is 7.05 Å². The van der Waals surface area contributed by atoms with Gasteiger partial charge < -0.3 is 15.6 Å². The van der Waals surface area contributed by atoms with Gasteiger partial charge in [0.2, 0.25) is 5.91 Å². The van der Waals surface area contributed by atoms with Crippen molar-refractivity contribution in [1.29, 1.82) is 0 Å². The summed E-state index contributed by atoms with van der Waals surface area (Å²) in [6.07, 6.45) is 0.171. The van der Waals surface area contributed by atoms with E-state index in [1.165, 1.54) is 0 Å². The van der Waals surface area contributed by atoms with Crippen LogP contribution in [0.1, 0.15) is 28.5 Å². The molecule has 3 N–H and O–H groups in total. The summed E-state index contributed by atoms with van der Waals surface area (Å²) in [4.78, 5) is 28.1. The summed E-state index contributed by atoms with van der Waals surface area (Å²) >= 11 is 0. The third kappa shape index (κ3) is 4.25. The first-order valence-corrected chi connectivity index (χ1v) is 9.88. The molecule has 0 aliphatic rings. The highest BCUT2D eigenvalue weighted by Gasteiger charge is 2.20. The van der Waals surface area contributed by atoms with E-state index in [1.807, 2.05) is 72.8 Å². The molecule has 0 aliphatic heterocycles. The molecule has 0 saturated heterocycles. The van der Waals surface area contributed by atoms with Crippen LogP contribution in [0.15, 0.2) is 84.9 Å². The van der Waals surface area contributed by atoms with Crippen LogP contribution in [0.3, 0.4) is 0 Å². The van der Waals surface area contributed by atoms with Gasteiger partial charge in [-0.05, 0) is 28.8 Å². The molecule has 0 radical (unpaired) electrons. The maximum Gasteiger partial charge on any atom is 0.268 e. The average Bonchev–Trinajstić information content (AvgIpc) is 3.23. The smallest absolute Gasteiger partial charge is 0.268 e. The second kappa shape index (κ2) is 8.66. The first-order valence-electron chi connectivity index (χ1n) is 9.88. The Labute approximate surface area is 175 Å². The molecule has 30 heavy (non-hydrogen) atoms. The number of hydrogen-bond donors (Lipinski definition) is 3. The minimum atomic E-state index is -0.412. The Hall–Kier alpha value is -3.86. The summed E-state index contributed by atoms with van der Waals surface area (Å²) in [5.74, 6) is -0.376. The van der Waals surface area contributed by atoms with Gasteiger partial charge in [0.15, 0.2) is 0 Å². The van der Waals surface area contributed by atoms with Gasteiger partial charge in [0.05, 0.1) is 12.5 Å². The van der Waals surface area contributed by atoms with Crippen LogP contribution in [0.25, 0.3) is 22.0 Å². The Morgan fingerprint density at radius 3 is 2.27 bits per heavy atom. The fourth-order valence-corrected chi connectivity index (χ4v) is 3.52. The number of fused-ring (bicyclic) bond motifs is 1. The summed E-state index contributed by atoms with van der Waals surface area (Å²) in [6.45, 7) is 0. The Bertz CT molecular complexity index is 1170. The zero-order valence-corrected chi connectivity index (χ0v) is 16.7. The number of amides is 2. The number of carbonyl (C=O) groups excluding carboxylic acids is 2. The quantitative estimate of drug-likeness (QED) is 0.450. The van der Waals surface area contributed by atoms with Crippen molar-refractivity contribution in [3.05, 3.63) is 96.2 Å². The summed E-state index contributed by atoms with van der Waals surface area (Å²) in [5, 5.41) is 6.58. The summed E-state index contributed by atoms with van der Waals surface area (Å²) in [5.41, 5.74) is 4.45. The number of rotatable bonds is 6. The molecule has 0 saturated carbocycles. The summed E-state index contributed by atoms with van der Waals surface area (Å²) < 4.78 is 0. The van der Waals surface area contributed by atoms with Crippen molar-refractivity contribution >= 4 is 22.7 Å². The number of H-pyrrole nitrogens is 1. The van der Waals surface area contributed by atoms with E-state index < -0.39 is 6.04 Å². The lowest BCUT2D eigenvalue weighted by atomic mass is 10.0. The van der Waals surface area contributed by atoms with Crippen LogP contribution in [-0.4, -0.2) is 23.8 Å². The predicted molar refractivity (Wildman–Crippen MR) is 119 cm³/mol. The molecule has 0 fully saturated rings. The Morgan fingerprint density at radius 1 is 0.867 bits per heavy atom. The summed E-state index contributed by atoms with van der Waals surface area (Å²) in [7, 11) is 1.59. The molecule has 0 bridgehead atoms. The second-order valence-corrected chi connectivity index (χ2v) is 7.17. The molecule has 150 valence electrons. The highest BCUT2D eigenvalue weighted by atomic mass is 16.2. The lowest BCUT2D eigenvalue weighted by molar-refractivity contribution is -0.121. The number of hydrogen-bond acceptors (Lipinski definition) is 2. The van der Waals surface area contributed by atoms with Gasteiger partial charge in [-0.3, -0.25) is 9.59 Å². The van der Waals surface area contributed by atoms with Crippen molar-refractivity contribution in [2.75, 3.05) is 7.05 Å². The minimum Gasteiger partial charge on any atom is -0.359 e. The molecule has 1 unspecified atom stereocenters. The van der Waals surface area contributed by atoms with Gasteiger partial charge in [0.1, 0.15) is 5.69 Å². The highest BCUT2D eigenvalue weighted by molar-refractivity contribution is 5.99. The molecule has 4 rings (SSSR count). The second-order valence-electron chi connectivity index (χ2n) is 7.17. The zero-order valence-electron chi connectivity index (χ0n) is 16.7. The van der Waals surface area contributed by atoms with Crippen molar-refractivity contribution in [2.24, 2.45) is 0 Å². The van der Waals surface area contributed by atoms with E-state index in [9.17, 15) is 9.59 Å². The molecule has 4 aromatic rings. The Balaban J connectivity index is 1.59. The maximum atomic E-state index is 12.9. The van der Waals surface area contributed by atoms with Gasteiger partial charge in [-0.15, -0.1) is 0 Å². The fraction of sp³-hybridized carbons (Fsp3) is 0.120. The number of aromatic amines is 1. The number of aromatic nitrogens is 1. The van der Waals surface area contributed by atoms with Gasteiger partial charge in [0, 0.05) is 18.0 Å². The van der Waals surface area contributed by atoms with E-state index >= 15 is 0 Å². The van der Waals surface area contributed by atoms with E-state index in [2.05, 4.69) is 27.8 Å². The third-order valence-electron chi connectivity index (χ3n) is 5.15. The molecule has 2 amide bonds. The SMILES string of the molecule is CNC(=O)CC(NC(=O)c1cc2ccc(-c3ccccc3)cc2[nH]1)c1ccccc1. The number of carbonyl (C=O) groups is 2. The van der Waals surface area contributed by atoms with Gasteiger partial charge in [0.25, 0.3) is 5.91 Å². The van der Waals surface area contributed by atoms with Gasteiger partial charge >= 0.3 is 0 Å². The first kappa shape index (κ1) is 19.5. The van der Waals surface area contributed by atoms with Crippen LogP contribution >= 0.6 is 0 Å². The van der Waals surface area contributed by atoms with E-state index in [4.69, 9.17) is 0 Å². The van der Waals surface area contributed by atoms with Crippen LogP contribution in [0.2, 0.25) is 0 Å². The van der Waals surface area contributed by atoms with Gasteiger partial charge in [-0.2, -0.15) is 0 Å². The van der Waals surface area contributed by atoms with Gasteiger partial charge in [-0.25, -0.2) is 0 Å². The lowest BCUT2D eigenvalue weighted by Gasteiger charge is -2.18. The van der Waals surface area contributed by atoms with Crippen molar-refractivity contribution in [1.82, 2.24) is 15.6 Å².